The summed E-state index contributed by atoms with van der Waals surface area (Å²) < 4.78 is 15.1. The summed E-state index contributed by atoms with van der Waals surface area (Å²) in [6.07, 6.45) is 0.456. The van der Waals surface area contributed by atoms with E-state index in [4.69, 9.17) is 17.3 Å². The van der Waals surface area contributed by atoms with E-state index in [2.05, 4.69) is 10.2 Å². The number of carbonyl (C=O) groups excluding carboxylic acids is 3. The van der Waals surface area contributed by atoms with Crippen molar-refractivity contribution in [3.05, 3.63) is 57.9 Å². The number of benzene rings is 2. The van der Waals surface area contributed by atoms with Gasteiger partial charge >= 0.3 is 0 Å². The van der Waals surface area contributed by atoms with Gasteiger partial charge in [-0.3, -0.25) is 24.6 Å². The minimum atomic E-state index is -0.718. The maximum absolute atomic E-state index is 15.1. The number of piperazine rings is 1. The fraction of sp³-hybridized carbons (Fsp3) is 0.375. The SMILES string of the molecule is Nc1cccc(Cl)c1CN1CCN(c2cc3c(cc2F)C(=O)N(C2CCC(=O)NC2=O)C3)CC1. The van der Waals surface area contributed by atoms with Crippen LogP contribution in [0.25, 0.3) is 0 Å². The molecule has 3 aliphatic heterocycles. The van der Waals surface area contributed by atoms with Gasteiger partial charge in [0.2, 0.25) is 11.8 Å². The van der Waals surface area contributed by atoms with Crippen LogP contribution in [0.2, 0.25) is 5.02 Å². The summed E-state index contributed by atoms with van der Waals surface area (Å²) in [5.74, 6) is -1.65. The standard InChI is InChI=1S/C24H25ClFN5O3/c25-17-2-1-3-19(27)16(17)13-29-6-8-30(9-7-29)21-10-14-12-31(24(34)15(14)11-18(21)26)20-4-5-22(32)28-23(20)33/h1-3,10-11,20H,4-9,12-13,27H2,(H,28,32,33). The minimum absolute atomic E-state index is 0.181. The molecule has 3 amide bonds. The molecule has 1 unspecified atom stereocenters. The number of rotatable bonds is 4. The molecule has 3 aliphatic rings. The third kappa shape index (κ3) is 4.10. The van der Waals surface area contributed by atoms with Crippen LogP contribution < -0.4 is 16.0 Å². The van der Waals surface area contributed by atoms with Crippen molar-refractivity contribution in [2.24, 2.45) is 0 Å². The number of hydrogen-bond donors (Lipinski definition) is 2. The molecule has 3 heterocycles. The zero-order chi connectivity index (χ0) is 24.0. The van der Waals surface area contributed by atoms with Crippen LogP contribution in [0.3, 0.4) is 0 Å². The van der Waals surface area contributed by atoms with Gasteiger partial charge in [-0.05, 0) is 36.2 Å². The topological polar surface area (TPSA) is 99.0 Å². The molecule has 3 N–H and O–H groups in total. The third-order valence-electron chi connectivity index (χ3n) is 6.84. The second-order valence-electron chi connectivity index (χ2n) is 8.93. The number of halogens is 2. The summed E-state index contributed by atoms with van der Waals surface area (Å²) in [6.45, 7) is 3.50. The van der Waals surface area contributed by atoms with Crippen molar-refractivity contribution in [1.82, 2.24) is 15.1 Å². The van der Waals surface area contributed by atoms with Crippen molar-refractivity contribution in [1.29, 1.82) is 0 Å². The van der Waals surface area contributed by atoms with Gasteiger partial charge in [0, 0.05) is 67.5 Å². The fourth-order valence-electron chi connectivity index (χ4n) is 4.93. The van der Waals surface area contributed by atoms with Gasteiger partial charge < -0.3 is 15.5 Å². The van der Waals surface area contributed by atoms with Gasteiger partial charge in [0.1, 0.15) is 11.9 Å². The number of nitrogens with one attached hydrogen (secondary N) is 1. The number of imide groups is 1. The van der Waals surface area contributed by atoms with Gasteiger partial charge in [0.05, 0.1) is 5.69 Å². The highest BCUT2D eigenvalue weighted by atomic mass is 35.5. The van der Waals surface area contributed by atoms with Crippen LogP contribution in [0, 0.1) is 5.82 Å². The summed E-state index contributed by atoms with van der Waals surface area (Å²) in [7, 11) is 0. The first-order valence-corrected chi connectivity index (χ1v) is 11.7. The molecule has 2 aromatic carbocycles. The second kappa shape index (κ2) is 8.88. The lowest BCUT2D eigenvalue weighted by Crippen LogP contribution is -2.52. The van der Waals surface area contributed by atoms with E-state index >= 15 is 4.39 Å². The van der Waals surface area contributed by atoms with Gasteiger partial charge in [-0.1, -0.05) is 17.7 Å². The largest absolute Gasteiger partial charge is 0.398 e. The monoisotopic (exact) mass is 485 g/mol. The summed E-state index contributed by atoms with van der Waals surface area (Å²) in [4.78, 5) is 42.2. The van der Waals surface area contributed by atoms with Crippen LogP contribution in [0.4, 0.5) is 15.8 Å². The molecule has 0 bridgehead atoms. The van der Waals surface area contributed by atoms with Crippen LogP contribution in [0.15, 0.2) is 30.3 Å². The average molecular weight is 486 g/mol. The Morgan fingerprint density at radius 3 is 2.59 bits per heavy atom. The molecule has 10 heteroatoms. The van der Waals surface area contributed by atoms with Crippen molar-refractivity contribution >= 4 is 40.7 Å². The Kier molecular flexibility index (Phi) is 5.91. The first kappa shape index (κ1) is 22.6. The number of fused-ring (bicyclic) bond motifs is 1. The molecular weight excluding hydrogens is 461 g/mol. The molecule has 34 heavy (non-hydrogen) atoms. The summed E-state index contributed by atoms with van der Waals surface area (Å²) in [6, 6.07) is 7.75. The number of carbonyl (C=O) groups is 3. The molecule has 0 spiro atoms. The highest BCUT2D eigenvalue weighted by Crippen LogP contribution is 2.33. The Balaban J connectivity index is 1.28. The maximum atomic E-state index is 15.1. The van der Waals surface area contributed by atoms with E-state index < -0.39 is 17.8 Å². The molecule has 178 valence electrons. The number of anilines is 2. The van der Waals surface area contributed by atoms with Crippen molar-refractivity contribution in [2.75, 3.05) is 36.8 Å². The van der Waals surface area contributed by atoms with Crippen LogP contribution >= 0.6 is 11.6 Å². The van der Waals surface area contributed by atoms with Crippen molar-refractivity contribution in [2.45, 2.75) is 32.0 Å². The Labute approximate surface area is 201 Å². The highest BCUT2D eigenvalue weighted by Gasteiger charge is 2.40. The lowest BCUT2D eigenvalue weighted by molar-refractivity contribution is -0.136. The number of hydrogen-bond acceptors (Lipinski definition) is 6. The van der Waals surface area contributed by atoms with Gasteiger partial charge in [-0.25, -0.2) is 4.39 Å². The van der Waals surface area contributed by atoms with Crippen LogP contribution in [-0.2, 0) is 22.7 Å². The van der Waals surface area contributed by atoms with E-state index in [-0.39, 0.29) is 36.8 Å². The third-order valence-corrected chi connectivity index (χ3v) is 7.19. The van der Waals surface area contributed by atoms with E-state index in [0.717, 1.165) is 5.56 Å². The predicted molar refractivity (Wildman–Crippen MR) is 126 cm³/mol. The van der Waals surface area contributed by atoms with E-state index in [1.807, 2.05) is 23.1 Å². The highest BCUT2D eigenvalue weighted by molar-refractivity contribution is 6.31. The molecule has 0 saturated carbocycles. The van der Waals surface area contributed by atoms with Crippen LogP contribution in [-0.4, -0.2) is 59.7 Å². The van der Waals surface area contributed by atoms with Crippen LogP contribution in [0.1, 0.15) is 34.3 Å². The normalized spacial score (nSPS) is 21.1. The lowest BCUT2D eigenvalue weighted by Gasteiger charge is -2.36. The maximum Gasteiger partial charge on any atom is 0.255 e. The van der Waals surface area contributed by atoms with Crippen LogP contribution in [0.5, 0.6) is 0 Å². The molecule has 2 aromatic rings. The van der Waals surface area contributed by atoms with E-state index in [1.165, 1.54) is 11.0 Å². The molecule has 5 rings (SSSR count). The van der Waals surface area contributed by atoms with Crippen molar-refractivity contribution in [3.63, 3.8) is 0 Å². The summed E-state index contributed by atoms with van der Waals surface area (Å²) in [5.41, 5.74) is 9.05. The van der Waals surface area contributed by atoms with Crippen molar-refractivity contribution < 1.29 is 18.8 Å². The van der Waals surface area contributed by atoms with Gasteiger partial charge in [0.25, 0.3) is 5.91 Å². The number of piperidine rings is 1. The molecular formula is C24H25ClFN5O3. The Morgan fingerprint density at radius 1 is 1.12 bits per heavy atom. The van der Waals surface area contributed by atoms with Gasteiger partial charge in [-0.15, -0.1) is 0 Å². The van der Waals surface area contributed by atoms with E-state index in [0.29, 0.717) is 54.7 Å². The molecule has 1 atom stereocenters. The molecule has 2 fully saturated rings. The number of amides is 3. The molecule has 0 aromatic heterocycles. The first-order chi connectivity index (χ1) is 16.3. The number of nitrogens with zero attached hydrogens (tertiary/aromatic N) is 3. The van der Waals surface area contributed by atoms with Gasteiger partial charge in [-0.2, -0.15) is 0 Å². The number of nitrogens with two attached hydrogens (primary N) is 1. The molecule has 8 nitrogen and oxygen atoms in total. The molecule has 2 saturated heterocycles. The lowest BCUT2D eigenvalue weighted by atomic mass is 10.0. The summed E-state index contributed by atoms with van der Waals surface area (Å²) in [5, 5.41) is 2.92. The quantitative estimate of drug-likeness (QED) is 0.508. The Hall–Kier alpha value is -3.17. The fourth-order valence-corrected chi connectivity index (χ4v) is 5.17. The molecule has 0 radical (unpaired) electrons. The number of nitrogen functional groups attached to an aromatic ring is 1. The predicted octanol–water partition coefficient (Wildman–Crippen LogP) is 2.14. The second-order valence-corrected chi connectivity index (χ2v) is 9.34. The minimum Gasteiger partial charge on any atom is -0.398 e. The zero-order valence-electron chi connectivity index (χ0n) is 18.5. The van der Waals surface area contributed by atoms with Gasteiger partial charge in [0.15, 0.2) is 0 Å². The average Bonchev–Trinajstić information content (AvgIpc) is 3.11. The van der Waals surface area contributed by atoms with E-state index in [9.17, 15) is 14.4 Å². The van der Waals surface area contributed by atoms with E-state index in [1.54, 1.807) is 6.07 Å². The molecule has 0 aliphatic carbocycles. The smallest absolute Gasteiger partial charge is 0.255 e. The van der Waals surface area contributed by atoms with Crippen molar-refractivity contribution in [3.8, 4) is 0 Å². The first-order valence-electron chi connectivity index (χ1n) is 11.3. The summed E-state index contributed by atoms with van der Waals surface area (Å²) >= 11 is 6.30. The Morgan fingerprint density at radius 2 is 1.88 bits per heavy atom. The Bertz CT molecular complexity index is 1160. The zero-order valence-corrected chi connectivity index (χ0v) is 19.3.